The number of nitrogens with two attached hydrogens (primary N) is 2. The van der Waals surface area contributed by atoms with E-state index < -0.39 is 11.8 Å². The van der Waals surface area contributed by atoms with Gasteiger partial charge in [-0.3, -0.25) is 14.6 Å². The Labute approximate surface area is 110 Å². The number of hydrogen-bond donors (Lipinski definition) is 2. The van der Waals surface area contributed by atoms with E-state index in [1.54, 1.807) is 24.5 Å². The number of pyridine rings is 1. The highest BCUT2D eigenvalue weighted by Gasteiger charge is 2.11. The molecule has 0 aliphatic rings. The van der Waals surface area contributed by atoms with Crippen LogP contribution in [0.3, 0.4) is 0 Å². The van der Waals surface area contributed by atoms with Crippen molar-refractivity contribution in [1.82, 2.24) is 4.98 Å². The molecule has 96 valence electrons. The Morgan fingerprint density at radius 1 is 1.11 bits per heavy atom. The summed E-state index contributed by atoms with van der Waals surface area (Å²) in [5, 5.41) is 0. The maximum atomic E-state index is 11.4. The predicted octanol–water partition coefficient (Wildman–Crippen LogP) is 0.870. The van der Waals surface area contributed by atoms with Gasteiger partial charge in [0.15, 0.2) is 0 Å². The Kier molecular flexibility index (Phi) is 3.56. The summed E-state index contributed by atoms with van der Waals surface area (Å²) in [7, 11) is 0. The van der Waals surface area contributed by atoms with Crippen LogP contribution in [0.15, 0.2) is 42.7 Å². The normalized spacial score (nSPS) is 10.1. The zero-order valence-corrected chi connectivity index (χ0v) is 10.2. The Morgan fingerprint density at radius 3 is 2.47 bits per heavy atom. The minimum Gasteiger partial charge on any atom is -0.366 e. The molecule has 0 radical (unpaired) electrons. The molecule has 1 aromatic heterocycles. The molecule has 2 aromatic rings. The van der Waals surface area contributed by atoms with E-state index >= 15 is 0 Å². The highest BCUT2D eigenvalue weighted by atomic mass is 16.1. The fourth-order valence-corrected chi connectivity index (χ4v) is 1.86. The lowest BCUT2D eigenvalue weighted by molar-refractivity contribution is 0.0987. The van der Waals surface area contributed by atoms with Gasteiger partial charge in [0.2, 0.25) is 11.8 Å². The van der Waals surface area contributed by atoms with E-state index in [4.69, 9.17) is 11.5 Å². The van der Waals surface area contributed by atoms with Crippen molar-refractivity contribution in [2.45, 2.75) is 6.42 Å². The number of carbonyl (C=O) groups is 2. The zero-order chi connectivity index (χ0) is 13.8. The Morgan fingerprint density at radius 2 is 1.89 bits per heavy atom. The van der Waals surface area contributed by atoms with E-state index in [-0.39, 0.29) is 0 Å². The van der Waals surface area contributed by atoms with E-state index in [9.17, 15) is 9.59 Å². The van der Waals surface area contributed by atoms with Crippen molar-refractivity contribution < 1.29 is 9.59 Å². The summed E-state index contributed by atoms with van der Waals surface area (Å²) in [5.41, 5.74) is 12.9. The van der Waals surface area contributed by atoms with Gasteiger partial charge in [0.05, 0.1) is 0 Å². The Balaban J connectivity index is 2.43. The summed E-state index contributed by atoms with van der Waals surface area (Å²) < 4.78 is 0. The molecule has 2 rings (SSSR count). The largest absolute Gasteiger partial charge is 0.366 e. The molecular formula is C14H13N3O2. The maximum absolute atomic E-state index is 11.4. The highest BCUT2D eigenvalue weighted by molar-refractivity contribution is 5.98. The summed E-state index contributed by atoms with van der Waals surface area (Å²) in [6, 6.07) is 8.30. The summed E-state index contributed by atoms with van der Waals surface area (Å²) in [6.45, 7) is 0. The molecule has 0 aliphatic heterocycles. The predicted molar refractivity (Wildman–Crippen MR) is 70.5 cm³/mol. The van der Waals surface area contributed by atoms with Crippen LogP contribution in [0.4, 0.5) is 0 Å². The highest BCUT2D eigenvalue weighted by Crippen LogP contribution is 2.16. The lowest BCUT2D eigenvalue weighted by Crippen LogP contribution is -2.17. The molecule has 0 aliphatic carbocycles. The van der Waals surface area contributed by atoms with Crippen LogP contribution in [-0.4, -0.2) is 16.8 Å². The second kappa shape index (κ2) is 5.30. The molecular weight excluding hydrogens is 242 g/mol. The van der Waals surface area contributed by atoms with Gasteiger partial charge in [-0.25, -0.2) is 0 Å². The number of amides is 2. The van der Waals surface area contributed by atoms with Gasteiger partial charge in [-0.1, -0.05) is 6.07 Å². The molecule has 0 saturated heterocycles. The summed E-state index contributed by atoms with van der Waals surface area (Å²) in [4.78, 5) is 26.6. The lowest BCUT2D eigenvalue weighted by Gasteiger charge is -2.08. The van der Waals surface area contributed by atoms with E-state index in [2.05, 4.69) is 4.98 Å². The van der Waals surface area contributed by atoms with Crippen molar-refractivity contribution in [3.8, 4) is 0 Å². The minimum atomic E-state index is -0.538. The molecule has 2 amide bonds. The molecule has 0 unspecified atom stereocenters. The van der Waals surface area contributed by atoms with Crippen LogP contribution in [0.1, 0.15) is 31.8 Å². The molecule has 1 aromatic carbocycles. The molecule has 4 N–H and O–H groups in total. The van der Waals surface area contributed by atoms with Crippen LogP contribution >= 0.6 is 0 Å². The van der Waals surface area contributed by atoms with Crippen LogP contribution < -0.4 is 11.5 Å². The molecule has 0 fully saturated rings. The molecule has 0 saturated carbocycles. The van der Waals surface area contributed by atoms with Crippen LogP contribution in [0.2, 0.25) is 0 Å². The van der Waals surface area contributed by atoms with E-state index in [0.717, 1.165) is 5.56 Å². The van der Waals surface area contributed by atoms with Crippen LogP contribution in [0.5, 0.6) is 0 Å². The molecule has 1 heterocycles. The SMILES string of the molecule is NC(=O)c1ccc(C(N)=O)c(Cc2cccnc2)c1. The van der Waals surface area contributed by atoms with E-state index in [1.165, 1.54) is 12.1 Å². The first kappa shape index (κ1) is 12.8. The molecule has 5 heteroatoms. The minimum absolute atomic E-state index is 0.351. The second-order valence-corrected chi connectivity index (χ2v) is 4.14. The van der Waals surface area contributed by atoms with Gasteiger partial charge >= 0.3 is 0 Å². The first-order valence-corrected chi connectivity index (χ1v) is 5.69. The topological polar surface area (TPSA) is 99.1 Å². The van der Waals surface area contributed by atoms with Crippen molar-refractivity contribution >= 4 is 11.8 Å². The number of rotatable bonds is 4. The number of nitrogens with zero attached hydrogens (tertiary/aromatic N) is 1. The monoisotopic (exact) mass is 255 g/mol. The van der Waals surface area contributed by atoms with Gasteiger partial charge < -0.3 is 11.5 Å². The van der Waals surface area contributed by atoms with Crippen LogP contribution in [0.25, 0.3) is 0 Å². The first-order chi connectivity index (χ1) is 9.08. The molecule has 0 bridgehead atoms. The van der Waals surface area contributed by atoms with Gasteiger partial charge in [0.1, 0.15) is 0 Å². The standard InChI is InChI=1S/C14H13N3O2/c15-13(18)10-3-4-12(14(16)19)11(7-10)6-9-2-1-5-17-8-9/h1-5,7-8H,6H2,(H2,15,18)(H2,16,19). The van der Waals surface area contributed by atoms with Crippen molar-refractivity contribution in [3.05, 3.63) is 65.0 Å². The van der Waals surface area contributed by atoms with Crippen molar-refractivity contribution in [2.75, 3.05) is 0 Å². The third-order valence-electron chi connectivity index (χ3n) is 2.77. The van der Waals surface area contributed by atoms with Crippen molar-refractivity contribution in [1.29, 1.82) is 0 Å². The Bertz CT molecular complexity index is 624. The van der Waals surface area contributed by atoms with Gasteiger partial charge in [-0.15, -0.1) is 0 Å². The van der Waals surface area contributed by atoms with E-state index in [1.807, 2.05) is 6.07 Å². The number of primary amides is 2. The third kappa shape index (κ3) is 2.95. The summed E-state index contributed by atoms with van der Waals surface area (Å²) in [6.07, 6.45) is 3.83. The first-order valence-electron chi connectivity index (χ1n) is 5.69. The molecule has 0 atom stereocenters. The van der Waals surface area contributed by atoms with Gasteiger partial charge in [-0.05, 0) is 41.8 Å². The maximum Gasteiger partial charge on any atom is 0.248 e. The molecule has 0 spiro atoms. The van der Waals surface area contributed by atoms with Gasteiger partial charge in [0.25, 0.3) is 0 Å². The fourth-order valence-electron chi connectivity index (χ4n) is 1.86. The summed E-state index contributed by atoms with van der Waals surface area (Å²) in [5.74, 6) is -1.07. The second-order valence-electron chi connectivity index (χ2n) is 4.14. The van der Waals surface area contributed by atoms with Crippen molar-refractivity contribution in [3.63, 3.8) is 0 Å². The van der Waals surface area contributed by atoms with Gasteiger partial charge in [0, 0.05) is 23.5 Å². The third-order valence-corrected chi connectivity index (χ3v) is 2.77. The quantitative estimate of drug-likeness (QED) is 0.847. The molecule has 19 heavy (non-hydrogen) atoms. The van der Waals surface area contributed by atoms with Gasteiger partial charge in [-0.2, -0.15) is 0 Å². The average Bonchev–Trinajstić information content (AvgIpc) is 2.39. The molecule has 5 nitrogen and oxygen atoms in total. The zero-order valence-electron chi connectivity index (χ0n) is 10.2. The fraction of sp³-hybridized carbons (Fsp3) is 0.0714. The number of hydrogen-bond acceptors (Lipinski definition) is 3. The average molecular weight is 255 g/mol. The summed E-state index contributed by atoms with van der Waals surface area (Å²) >= 11 is 0. The number of benzene rings is 1. The number of aromatic nitrogens is 1. The van der Waals surface area contributed by atoms with Crippen LogP contribution in [-0.2, 0) is 6.42 Å². The Hall–Kier alpha value is -2.69. The lowest BCUT2D eigenvalue weighted by atomic mass is 9.97. The smallest absolute Gasteiger partial charge is 0.248 e. The van der Waals surface area contributed by atoms with E-state index in [0.29, 0.717) is 23.1 Å². The number of carbonyl (C=O) groups excluding carboxylic acids is 2. The van der Waals surface area contributed by atoms with Crippen LogP contribution in [0, 0.1) is 0 Å². The van der Waals surface area contributed by atoms with Crippen molar-refractivity contribution in [2.24, 2.45) is 11.5 Å².